The number of halogens is 2. The van der Waals surface area contributed by atoms with E-state index in [0.717, 1.165) is 54.3 Å². The average molecular weight is 469 g/mol. The molecule has 0 bridgehead atoms. The lowest BCUT2D eigenvalue weighted by Crippen LogP contribution is -2.47. The molecule has 0 N–H and O–H groups in total. The molecule has 5 aromatic rings. The van der Waals surface area contributed by atoms with Crippen LogP contribution in [-0.2, 0) is 0 Å². The van der Waals surface area contributed by atoms with E-state index in [4.69, 9.17) is 9.97 Å². The van der Waals surface area contributed by atoms with Gasteiger partial charge >= 0.3 is 0 Å². The third-order valence-corrected chi connectivity index (χ3v) is 6.28. The van der Waals surface area contributed by atoms with Gasteiger partial charge in [0.25, 0.3) is 0 Å². The number of hydrogen-bond donors (Lipinski definition) is 0. The number of anilines is 2. The predicted octanol–water partition coefficient (Wildman–Crippen LogP) is 5.09. The summed E-state index contributed by atoms with van der Waals surface area (Å²) in [7, 11) is 0. The quantitative estimate of drug-likeness (QED) is 0.368. The average Bonchev–Trinajstić information content (AvgIpc) is 3.34. The first kappa shape index (κ1) is 21.2. The van der Waals surface area contributed by atoms with Crippen molar-refractivity contribution in [2.45, 2.75) is 0 Å². The fourth-order valence-electron chi connectivity index (χ4n) is 4.45. The molecule has 0 radical (unpaired) electrons. The number of aromatic nitrogens is 4. The van der Waals surface area contributed by atoms with E-state index in [1.54, 1.807) is 18.3 Å². The highest BCUT2D eigenvalue weighted by Gasteiger charge is 2.23. The standard InChI is InChI=1S/C27H22F2N6/c28-20-8-6-19(7-9-20)25-31-26(24-18-30-35(27(24)32-25)23-4-2-1-3-5-23)34-16-14-33(15-17-34)22-12-10-21(29)11-13-22/h1-13,18H,14-17H2. The first-order valence-corrected chi connectivity index (χ1v) is 11.5. The van der Waals surface area contributed by atoms with Crippen molar-refractivity contribution in [3.05, 3.63) is 96.7 Å². The highest BCUT2D eigenvalue weighted by atomic mass is 19.1. The van der Waals surface area contributed by atoms with E-state index >= 15 is 0 Å². The van der Waals surface area contributed by atoms with Gasteiger partial charge in [0.15, 0.2) is 11.5 Å². The summed E-state index contributed by atoms with van der Waals surface area (Å²) < 4.78 is 28.7. The van der Waals surface area contributed by atoms with Crippen molar-refractivity contribution in [2.75, 3.05) is 36.0 Å². The summed E-state index contributed by atoms with van der Waals surface area (Å²) in [5, 5.41) is 5.48. The Hall–Kier alpha value is -4.33. The van der Waals surface area contributed by atoms with Gasteiger partial charge < -0.3 is 9.80 Å². The van der Waals surface area contributed by atoms with Gasteiger partial charge in [0.1, 0.15) is 17.5 Å². The monoisotopic (exact) mass is 468 g/mol. The molecular formula is C27H22F2N6. The summed E-state index contributed by atoms with van der Waals surface area (Å²) in [5.74, 6) is 0.780. The van der Waals surface area contributed by atoms with Crippen molar-refractivity contribution < 1.29 is 8.78 Å². The second-order valence-corrected chi connectivity index (χ2v) is 8.46. The maximum Gasteiger partial charge on any atom is 0.169 e. The van der Waals surface area contributed by atoms with Crippen molar-refractivity contribution in [1.29, 1.82) is 0 Å². The zero-order valence-corrected chi connectivity index (χ0v) is 18.9. The van der Waals surface area contributed by atoms with Gasteiger partial charge in [-0.25, -0.2) is 23.4 Å². The highest BCUT2D eigenvalue weighted by Crippen LogP contribution is 2.30. The van der Waals surface area contributed by atoms with Crippen molar-refractivity contribution in [3.8, 4) is 17.1 Å². The van der Waals surface area contributed by atoms with Gasteiger partial charge in [-0.15, -0.1) is 0 Å². The van der Waals surface area contributed by atoms with E-state index in [0.29, 0.717) is 11.5 Å². The smallest absolute Gasteiger partial charge is 0.169 e. The SMILES string of the molecule is Fc1ccc(-c2nc(N3CCN(c4ccc(F)cc4)CC3)c3cnn(-c4ccccc4)c3n2)cc1. The van der Waals surface area contributed by atoms with Crippen LogP contribution in [0, 0.1) is 11.6 Å². The number of piperazine rings is 1. The molecule has 1 aliphatic rings. The molecule has 2 aromatic heterocycles. The van der Waals surface area contributed by atoms with Crippen LogP contribution in [0.1, 0.15) is 0 Å². The number of para-hydroxylation sites is 1. The zero-order valence-electron chi connectivity index (χ0n) is 18.9. The number of benzene rings is 3. The summed E-state index contributed by atoms with van der Waals surface area (Å²) in [5.41, 5.74) is 3.34. The number of nitrogens with zero attached hydrogens (tertiary/aromatic N) is 6. The van der Waals surface area contributed by atoms with Crippen LogP contribution in [0.4, 0.5) is 20.3 Å². The van der Waals surface area contributed by atoms with E-state index in [2.05, 4.69) is 14.9 Å². The molecule has 0 atom stereocenters. The van der Waals surface area contributed by atoms with E-state index in [1.165, 1.54) is 24.3 Å². The van der Waals surface area contributed by atoms with Crippen molar-refractivity contribution in [1.82, 2.24) is 19.7 Å². The predicted molar refractivity (Wildman–Crippen MR) is 133 cm³/mol. The Morgan fingerprint density at radius 3 is 1.94 bits per heavy atom. The lowest BCUT2D eigenvalue weighted by molar-refractivity contribution is 0.624. The second-order valence-electron chi connectivity index (χ2n) is 8.46. The summed E-state index contributed by atoms with van der Waals surface area (Å²) >= 11 is 0. The largest absolute Gasteiger partial charge is 0.368 e. The molecule has 0 amide bonds. The normalized spacial score (nSPS) is 14.0. The number of fused-ring (bicyclic) bond motifs is 1. The minimum Gasteiger partial charge on any atom is -0.368 e. The lowest BCUT2D eigenvalue weighted by atomic mass is 10.2. The molecule has 1 fully saturated rings. The fourth-order valence-corrected chi connectivity index (χ4v) is 4.45. The Labute approximate surface area is 201 Å². The number of hydrogen-bond acceptors (Lipinski definition) is 5. The maximum absolute atomic E-state index is 13.6. The molecule has 3 heterocycles. The Kier molecular flexibility index (Phi) is 5.33. The Morgan fingerprint density at radius 2 is 1.26 bits per heavy atom. The van der Waals surface area contributed by atoms with Gasteiger partial charge in [-0.3, -0.25) is 0 Å². The van der Waals surface area contributed by atoms with Gasteiger partial charge in [0, 0.05) is 37.4 Å². The van der Waals surface area contributed by atoms with Gasteiger partial charge in [-0.2, -0.15) is 5.10 Å². The van der Waals surface area contributed by atoms with E-state index < -0.39 is 0 Å². The first-order chi connectivity index (χ1) is 17.2. The maximum atomic E-state index is 13.6. The molecule has 1 saturated heterocycles. The molecule has 6 rings (SSSR count). The molecular weight excluding hydrogens is 446 g/mol. The molecule has 0 saturated carbocycles. The third kappa shape index (κ3) is 4.07. The van der Waals surface area contributed by atoms with Crippen LogP contribution in [0.3, 0.4) is 0 Å². The van der Waals surface area contributed by atoms with Crippen molar-refractivity contribution in [2.24, 2.45) is 0 Å². The van der Waals surface area contributed by atoms with E-state index in [-0.39, 0.29) is 11.6 Å². The lowest BCUT2D eigenvalue weighted by Gasteiger charge is -2.37. The van der Waals surface area contributed by atoms with E-state index in [9.17, 15) is 8.78 Å². The Morgan fingerprint density at radius 1 is 0.629 bits per heavy atom. The molecule has 174 valence electrons. The summed E-state index contributed by atoms with van der Waals surface area (Å²) in [6.07, 6.45) is 1.80. The third-order valence-electron chi connectivity index (χ3n) is 6.28. The summed E-state index contributed by atoms with van der Waals surface area (Å²) in [4.78, 5) is 14.2. The van der Waals surface area contributed by atoms with Gasteiger partial charge in [-0.05, 0) is 60.7 Å². The van der Waals surface area contributed by atoms with Crippen LogP contribution in [0.5, 0.6) is 0 Å². The van der Waals surface area contributed by atoms with Gasteiger partial charge in [0.2, 0.25) is 0 Å². The minimum absolute atomic E-state index is 0.237. The highest BCUT2D eigenvalue weighted by molar-refractivity contribution is 5.89. The Balaban J connectivity index is 1.39. The molecule has 3 aromatic carbocycles. The van der Waals surface area contributed by atoms with Crippen LogP contribution in [0.15, 0.2) is 85.1 Å². The van der Waals surface area contributed by atoms with Gasteiger partial charge in [0.05, 0.1) is 17.3 Å². The zero-order chi connectivity index (χ0) is 23.8. The molecule has 6 nitrogen and oxygen atoms in total. The van der Waals surface area contributed by atoms with Crippen LogP contribution in [0.25, 0.3) is 28.1 Å². The Bertz CT molecular complexity index is 1460. The molecule has 35 heavy (non-hydrogen) atoms. The van der Waals surface area contributed by atoms with Crippen molar-refractivity contribution >= 4 is 22.5 Å². The molecule has 0 aliphatic carbocycles. The van der Waals surface area contributed by atoms with Gasteiger partial charge in [-0.1, -0.05) is 18.2 Å². The fraction of sp³-hybridized carbons (Fsp3) is 0.148. The first-order valence-electron chi connectivity index (χ1n) is 11.5. The molecule has 0 spiro atoms. The van der Waals surface area contributed by atoms with Crippen LogP contribution < -0.4 is 9.80 Å². The van der Waals surface area contributed by atoms with Crippen LogP contribution in [0.2, 0.25) is 0 Å². The molecule has 1 aliphatic heterocycles. The second kappa shape index (κ2) is 8.79. The summed E-state index contributed by atoms with van der Waals surface area (Å²) in [6, 6.07) is 22.6. The summed E-state index contributed by atoms with van der Waals surface area (Å²) in [6.45, 7) is 3.03. The van der Waals surface area contributed by atoms with E-state index in [1.807, 2.05) is 47.1 Å². The molecule has 8 heteroatoms. The van der Waals surface area contributed by atoms with Crippen LogP contribution >= 0.6 is 0 Å². The number of rotatable bonds is 4. The van der Waals surface area contributed by atoms with Crippen LogP contribution in [-0.4, -0.2) is 45.9 Å². The minimum atomic E-state index is -0.304. The topological polar surface area (TPSA) is 50.1 Å². The molecule has 0 unspecified atom stereocenters. The van der Waals surface area contributed by atoms with Crippen molar-refractivity contribution in [3.63, 3.8) is 0 Å².